The van der Waals surface area contributed by atoms with Crippen molar-refractivity contribution in [3.63, 3.8) is 0 Å². The van der Waals surface area contributed by atoms with E-state index in [0.29, 0.717) is 0 Å². The van der Waals surface area contributed by atoms with Gasteiger partial charge in [0.2, 0.25) is 0 Å². The smallest absolute Gasteiger partial charge is 0.0541 e. The van der Waals surface area contributed by atoms with Crippen LogP contribution in [0.4, 0.5) is 68.2 Å². The summed E-state index contributed by atoms with van der Waals surface area (Å²) < 4.78 is 2.32. The lowest BCUT2D eigenvalue weighted by Gasteiger charge is -2.28. The molecule has 0 bridgehead atoms. The minimum atomic E-state index is 1.11. The van der Waals surface area contributed by atoms with Gasteiger partial charge < -0.3 is 24.2 Å². The molecule has 1 heterocycles. The number of hydrogen-bond donors (Lipinski definition) is 0. The number of rotatable bonds is 15. The van der Waals surface area contributed by atoms with E-state index in [-0.39, 0.29) is 0 Å². The maximum atomic E-state index is 2.41. The number of nitrogens with zero attached hydrogens (tertiary/aromatic N) is 5. The second-order valence-corrected chi connectivity index (χ2v) is 32.4. The van der Waals surface area contributed by atoms with Gasteiger partial charge in [-0.15, -0.1) is 0 Å². The topological polar surface area (TPSA) is 17.9 Å². The molecule has 0 radical (unpaired) electrons. The van der Waals surface area contributed by atoms with Gasteiger partial charge in [-0.05, 0) is 232 Å². The lowest BCUT2D eigenvalue weighted by Crippen LogP contribution is -2.11. The summed E-state index contributed by atoms with van der Waals surface area (Å²) >= 11 is 0. The molecule has 0 spiro atoms. The molecule has 0 amide bonds. The van der Waals surface area contributed by atoms with Gasteiger partial charge in [-0.3, -0.25) is 0 Å². The molecule has 0 atom stereocenters. The van der Waals surface area contributed by atoms with Crippen molar-refractivity contribution in [1.82, 2.24) is 4.57 Å². The number of hydrogen-bond acceptors (Lipinski definition) is 4. The van der Waals surface area contributed by atoms with E-state index in [2.05, 4.69) is 540 Å². The number of para-hydroxylation sites is 3. The summed E-state index contributed by atoms with van der Waals surface area (Å²) in [5, 5.41) is 22.2. The zero-order valence-electron chi connectivity index (χ0n) is 69.8. The molecule has 0 fully saturated rings. The Morgan fingerprint density at radius 2 is 0.331 bits per heavy atom. The van der Waals surface area contributed by atoms with Gasteiger partial charge in [0.1, 0.15) is 0 Å². The van der Waals surface area contributed by atoms with Crippen molar-refractivity contribution < 1.29 is 0 Å². The van der Waals surface area contributed by atoms with Crippen LogP contribution in [0.2, 0.25) is 0 Å². The molecule has 24 aromatic rings. The van der Waals surface area contributed by atoms with Crippen LogP contribution in [-0.2, 0) is 0 Å². The highest BCUT2D eigenvalue weighted by molar-refractivity contribution is 6.11. The Labute approximate surface area is 738 Å². The fourth-order valence-electron chi connectivity index (χ4n) is 18.6. The van der Waals surface area contributed by atoms with Crippen LogP contribution < -0.4 is 19.6 Å². The summed E-state index contributed by atoms with van der Waals surface area (Å²) in [6.45, 7) is 0. The molecule has 598 valence electrons. The second kappa shape index (κ2) is 33.9. The lowest BCUT2D eigenvalue weighted by atomic mass is 10.0. The van der Waals surface area contributed by atoms with Crippen LogP contribution in [0, 0.1) is 0 Å². The molecule has 0 saturated heterocycles. The van der Waals surface area contributed by atoms with E-state index in [1.807, 2.05) is 0 Å². The number of benzene rings is 23. The predicted octanol–water partition coefficient (Wildman–Crippen LogP) is 34.6. The minimum absolute atomic E-state index is 1.11. The first-order chi connectivity index (χ1) is 63.0. The monoisotopic (exact) mass is 1620 g/mol. The van der Waals surface area contributed by atoms with Gasteiger partial charge in [0.25, 0.3) is 0 Å². The third kappa shape index (κ3) is 15.0. The third-order valence-electron chi connectivity index (χ3n) is 24.8. The Hall–Kier alpha value is -16.9. The van der Waals surface area contributed by atoms with Crippen LogP contribution in [0.25, 0.3) is 136 Å². The zero-order valence-corrected chi connectivity index (χ0v) is 69.8. The first kappa shape index (κ1) is 76.3. The Kier molecular flexibility index (Phi) is 20.3. The van der Waals surface area contributed by atoms with E-state index in [9.17, 15) is 0 Å². The molecule has 0 aliphatic rings. The molecule has 5 heteroatoms. The van der Waals surface area contributed by atoms with Crippen LogP contribution in [0.5, 0.6) is 0 Å². The standard InChI is InChI=1S/2C52H36N2.C18H13N/c1-5-21-45-39(13-1)17-9-25-49(45)53(50-26-10-18-40-14-2-6-22-46(40)50)43-33-29-37(30-34-43)38-31-35-44(36-32-38)54(51-27-11-19-41-15-3-7-23-47(41)51)52-28-12-20-42-16-4-8-24-48(42)52;1-5-13-43-33-49(29-21-37(43)9-1)53(50-30-22-38-10-2-6-14-44(38)34-50)47-25-17-41(18-26-47)42-19-27-48(28-20-42)54(51-31-23-39-11-3-7-15-45(39)35-51)52-32-24-40-12-4-8-16-46(40)36-52;1-2-8-14(9-3-1)19-17-12-6-4-10-15(17)16-11-5-7-13-18(16)19/h2*1-36H;1-13H. The van der Waals surface area contributed by atoms with E-state index < -0.39 is 0 Å². The maximum absolute atomic E-state index is 2.41. The second-order valence-electron chi connectivity index (χ2n) is 32.4. The summed E-state index contributed by atoms with van der Waals surface area (Å²) in [5.41, 5.74) is 22.0. The molecule has 5 nitrogen and oxygen atoms in total. The number of aromatic nitrogens is 1. The quantitative estimate of drug-likeness (QED) is 0.102. The summed E-state index contributed by atoms with van der Waals surface area (Å²) in [6, 6.07) is 186. The number of anilines is 12. The van der Waals surface area contributed by atoms with Crippen molar-refractivity contribution in [2.45, 2.75) is 0 Å². The van der Waals surface area contributed by atoms with Crippen molar-refractivity contribution in [2.75, 3.05) is 19.6 Å². The molecule has 24 rings (SSSR count). The Balaban J connectivity index is 0.000000124. The van der Waals surface area contributed by atoms with Gasteiger partial charge in [0, 0.05) is 83.5 Å². The normalized spacial score (nSPS) is 11.3. The summed E-state index contributed by atoms with van der Waals surface area (Å²) in [4.78, 5) is 9.53. The van der Waals surface area contributed by atoms with Crippen LogP contribution in [0.3, 0.4) is 0 Å². The molecule has 0 N–H and O–H groups in total. The summed E-state index contributed by atoms with van der Waals surface area (Å²) in [6.07, 6.45) is 0. The molecular weight excluding hydrogens is 1540 g/mol. The van der Waals surface area contributed by atoms with Gasteiger partial charge in [-0.2, -0.15) is 0 Å². The molecule has 0 unspecified atom stereocenters. The van der Waals surface area contributed by atoms with Gasteiger partial charge >= 0.3 is 0 Å². The van der Waals surface area contributed by atoms with E-state index in [4.69, 9.17) is 0 Å². The lowest BCUT2D eigenvalue weighted by molar-refractivity contribution is 1.18. The molecule has 23 aromatic carbocycles. The highest BCUT2D eigenvalue weighted by atomic mass is 15.2. The van der Waals surface area contributed by atoms with Gasteiger partial charge in [0.15, 0.2) is 0 Å². The molecular formula is C122H85N5. The molecule has 1 aromatic heterocycles. The fourth-order valence-corrected chi connectivity index (χ4v) is 18.6. The van der Waals surface area contributed by atoms with E-state index in [0.717, 1.165) is 68.2 Å². The van der Waals surface area contributed by atoms with Gasteiger partial charge in [-0.25, -0.2) is 0 Å². The van der Waals surface area contributed by atoms with Crippen molar-refractivity contribution >= 4 is 176 Å². The SMILES string of the molecule is c1ccc(-n2c3ccccc3c3ccccc32)cc1.c1ccc2c(N(c3ccc(-c4ccc(N(c5cccc6ccccc56)c5cccc6ccccc56)cc4)cc3)c3cccc4ccccc34)cccc2c1.c1ccc2cc(N(c3ccc(-c4ccc(N(c5ccc6ccccc6c5)c5ccc6ccccc6c5)cc4)cc3)c3ccc4ccccc4c3)ccc2c1. The van der Waals surface area contributed by atoms with E-state index in [1.165, 1.54) is 136 Å². The van der Waals surface area contributed by atoms with Crippen LogP contribution in [0.15, 0.2) is 516 Å². The molecule has 127 heavy (non-hydrogen) atoms. The summed E-state index contributed by atoms with van der Waals surface area (Å²) in [5.74, 6) is 0. The van der Waals surface area contributed by atoms with Crippen LogP contribution in [-0.4, -0.2) is 4.57 Å². The molecule has 0 aliphatic heterocycles. The maximum Gasteiger partial charge on any atom is 0.0541 e. The van der Waals surface area contributed by atoms with Gasteiger partial charge in [-0.1, -0.05) is 370 Å². The molecule has 0 aliphatic carbocycles. The summed E-state index contributed by atoms with van der Waals surface area (Å²) in [7, 11) is 0. The zero-order chi connectivity index (χ0) is 84.4. The van der Waals surface area contributed by atoms with E-state index >= 15 is 0 Å². The average Bonchev–Trinajstić information content (AvgIpc) is 0.880. The van der Waals surface area contributed by atoms with Crippen LogP contribution >= 0.6 is 0 Å². The highest BCUT2D eigenvalue weighted by Crippen LogP contribution is 2.48. The molecule has 0 saturated carbocycles. The largest absolute Gasteiger partial charge is 0.310 e. The van der Waals surface area contributed by atoms with Crippen molar-refractivity contribution in [2.24, 2.45) is 0 Å². The first-order valence-electron chi connectivity index (χ1n) is 43.5. The number of fused-ring (bicyclic) bond motifs is 11. The van der Waals surface area contributed by atoms with Crippen molar-refractivity contribution in [3.8, 4) is 27.9 Å². The van der Waals surface area contributed by atoms with E-state index in [1.54, 1.807) is 0 Å². The van der Waals surface area contributed by atoms with Crippen molar-refractivity contribution in [1.29, 1.82) is 0 Å². The third-order valence-corrected chi connectivity index (χ3v) is 24.8. The van der Waals surface area contributed by atoms with Crippen LogP contribution in [0.1, 0.15) is 0 Å². The minimum Gasteiger partial charge on any atom is -0.310 e. The predicted molar refractivity (Wildman–Crippen MR) is 543 cm³/mol. The Morgan fingerprint density at radius 3 is 0.606 bits per heavy atom. The Morgan fingerprint density at radius 1 is 0.126 bits per heavy atom. The van der Waals surface area contributed by atoms with Gasteiger partial charge in [0.05, 0.1) is 33.8 Å². The fraction of sp³-hybridized carbons (Fsp3) is 0. The highest BCUT2D eigenvalue weighted by Gasteiger charge is 2.23. The first-order valence-corrected chi connectivity index (χ1v) is 43.5. The average molecular weight is 1620 g/mol. The van der Waals surface area contributed by atoms with Crippen molar-refractivity contribution in [3.05, 3.63) is 516 Å². The Bertz CT molecular complexity index is 7360.